The van der Waals surface area contributed by atoms with Gasteiger partial charge in [-0.3, -0.25) is 9.69 Å². The third-order valence-electron chi connectivity index (χ3n) is 4.24. The first-order chi connectivity index (χ1) is 9.70. The average Bonchev–Trinajstić information content (AvgIpc) is 3.25. The Morgan fingerprint density at radius 2 is 2.00 bits per heavy atom. The van der Waals surface area contributed by atoms with Crippen LogP contribution in [0.25, 0.3) is 0 Å². The fourth-order valence-corrected chi connectivity index (χ4v) is 2.85. The summed E-state index contributed by atoms with van der Waals surface area (Å²) >= 11 is 0. The molecule has 1 saturated carbocycles. The molecule has 1 aromatic rings. The zero-order valence-corrected chi connectivity index (χ0v) is 11.8. The Labute approximate surface area is 120 Å². The van der Waals surface area contributed by atoms with E-state index in [2.05, 4.69) is 16.3 Å². The summed E-state index contributed by atoms with van der Waals surface area (Å²) in [5.41, 5.74) is 7.91. The number of anilines is 1. The van der Waals surface area contributed by atoms with Gasteiger partial charge in [-0.2, -0.15) is 0 Å². The molecule has 0 spiro atoms. The Kier molecular flexibility index (Phi) is 3.92. The second-order valence-electron chi connectivity index (χ2n) is 6.08. The zero-order valence-electron chi connectivity index (χ0n) is 11.8. The Morgan fingerprint density at radius 3 is 2.65 bits per heavy atom. The molecule has 0 bridgehead atoms. The molecule has 20 heavy (non-hydrogen) atoms. The van der Waals surface area contributed by atoms with Crippen LogP contribution in [0.4, 0.5) is 5.69 Å². The Balaban J connectivity index is 1.45. The van der Waals surface area contributed by atoms with Crippen LogP contribution in [0.2, 0.25) is 0 Å². The smallest absolute Gasteiger partial charge is 0.223 e. The summed E-state index contributed by atoms with van der Waals surface area (Å²) in [4.78, 5) is 14.2. The van der Waals surface area contributed by atoms with Crippen molar-refractivity contribution >= 4 is 11.6 Å². The highest BCUT2D eigenvalue weighted by Gasteiger charge is 2.31. The van der Waals surface area contributed by atoms with Gasteiger partial charge in [0, 0.05) is 37.3 Å². The van der Waals surface area contributed by atoms with Gasteiger partial charge in [0.15, 0.2) is 0 Å². The van der Waals surface area contributed by atoms with Crippen LogP contribution in [0.1, 0.15) is 31.2 Å². The topological polar surface area (TPSA) is 58.4 Å². The van der Waals surface area contributed by atoms with Gasteiger partial charge in [-0.25, -0.2) is 0 Å². The maximum atomic E-state index is 11.7. The summed E-state index contributed by atoms with van der Waals surface area (Å²) in [6, 6.07) is 8.47. The molecular formula is C16H23N3O. The van der Waals surface area contributed by atoms with Gasteiger partial charge < -0.3 is 11.1 Å². The van der Waals surface area contributed by atoms with E-state index in [1.807, 2.05) is 18.2 Å². The van der Waals surface area contributed by atoms with E-state index in [0.29, 0.717) is 12.0 Å². The van der Waals surface area contributed by atoms with Crippen molar-refractivity contribution in [1.29, 1.82) is 0 Å². The van der Waals surface area contributed by atoms with Crippen molar-refractivity contribution in [3.63, 3.8) is 0 Å². The SMILES string of the molecule is Nc1cccc(CN2CCC(NC(=O)C3CC3)CC2)c1. The predicted molar refractivity (Wildman–Crippen MR) is 80.0 cm³/mol. The second-order valence-corrected chi connectivity index (χ2v) is 6.08. The summed E-state index contributed by atoms with van der Waals surface area (Å²) in [6.07, 6.45) is 4.28. The van der Waals surface area contributed by atoms with E-state index in [0.717, 1.165) is 51.0 Å². The van der Waals surface area contributed by atoms with Gasteiger partial charge >= 0.3 is 0 Å². The quantitative estimate of drug-likeness (QED) is 0.822. The highest BCUT2D eigenvalue weighted by atomic mass is 16.2. The maximum Gasteiger partial charge on any atom is 0.223 e. The summed E-state index contributed by atoms with van der Waals surface area (Å²) in [6.45, 7) is 3.04. The zero-order chi connectivity index (χ0) is 13.9. The van der Waals surface area contributed by atoms with E-state index in [9.17, 15) is 4.79 Å². The first-order valence-electron chi connectivity index (χ1n) is 7.58. The molecule has 2 fully saturated rings. The molecule has 4 nitrogen and oxygen atoms in total. The van der Waals surface area contributed by atoms with E-state index in [4.69, 9.17) is 5.73 Å². The van der Waals surface area contributed by atoms with E-state index >= 15 is 0 Å². The van der Waals surface area contributed by atoms with E-state index < -0.39 is 0 Å². The Hall–Kier alpha value is -1.55. The fraction of sp³-hybridized carbons (Fsp3) is 0.562. The van der Waals surface area contributed by atoms with Crippen LogP contribution in [0, 0.1) is 5.92 Å². The molecule has 3 rings (SSSR count). The molecule has 2 aliphatic rings. The van der Waals surface area contributed by atoms with Crippen molar-refractivity contribution in [2.75, 3.05) is 18.8 Å². The minimum absolute atomic E-state index is 0.277. The van der Waals surface area contributed by atoms with Crippen molar-refractivity contribution in [3.05, 3.63) is 29.8 Å². The van der Waals surface area contributed by atoms with Gasteiger partial charge in [0.05, 0.1) is 0 Å². The molecule has 1 amide bonds. The first kappa shape index (κ1) is 13.4. The molecule has 1 saturated heterocycles. The molecule has 1 aliphatic heterocycles. The van der Waals surface area contributed by atoms with Crippen LogP contribution in [0.15, 0.2) is 24.3 Å². The molecular weight excluding hydrogens is 250 g/mol. The van der Waals surface area contributed by atoms with Crippen molar-refractivity contribution in [2.45, 2.75) is 38.3 Å². The lowest BCUT2D eigenvalue weighted by atomic mass is 10.0. The monoisotopic (exact) mass is 273 g/mol. The number of likely N-dealkylation sites (tertiary alicyclic amines) is 1. The van der Waals surface area contributed by atoms with Crippen molar-refractivity contribution < 1.29 is 4.79 Å². The van der Waals surface area contributed by atoms with Gasteiger partial charge in [0.2, 0.25) is 5.91 Å². The van der Waals surface area contributed by atoms with Crippen molar-refractivity contribution in [1.82, 2.24) is 10.2 Å². The molecule has 108 valence electrons. The van der Waals surface area contributed by atoms with Crippen LogP contribution in [-0.4, -0.2) is 29.9 Å². The Bertz CT molecular complexity index is 476. The molecule has 0 aromatic heterocycles. The van der Waals surface area contributed by atoms with Gasteiger partial charge in [0.25, 0.3) is 0 Å². The molecule has 0 radical (unpaired) electrons. The third kappa shape index (κ3) is 3.51. The number of hydrogen-bond donors (Lipinski definition) is 2. The minimum Gasteiger partial charge on any atom is -0.399 e. The van der Waals surface area contributed by atoms with E-state index in [-0.39, 0.29) is 5.91 Å². The first-order valence-corrected chi connectivity index (χ1v) is 7.58. The van der Waals surface area contributed by atoms with Crippen molar-refractivity contribution in [3.8, 4) is 0 Å². The third-order valence-corrected chi connectivity index (χ3v) is 4.24. The lowest BCUT2D eigenvalue weighted by molar-refractivity contribution is -0.123. The minimum atomic E-state index is 0.277. The summed E-state index contributed by atoms with van der Waals surface area (Å²) in [7, 11) is 0. The summed E-state index contributed by atoms with van der Waals surface area (Å²) in [5, 5.41) is 3.19. The molecule has 3 N–H and O–H groups in total. The predicted octanol–water partition coefficient (Wildman–Crippen LogP) is 1.76. The normalized spacial score (nSPS) is 20.8. The number of benzene rings is 1. The van der Waals surface area contributed by atoms with Crippen LogP contribution in [0.5, 0.6) is 0 Å². The Morgan fingerprint density at radius 1 is 1.25 bits per heavy atom. The number of amides is 1. The molecule has 1 aliphatic carbocycles. The van der Waals surface area contributed by atoms with Crippen LogP contribution in [-0.2, 0) is 11.3 Å². The number of nitrogen functional groups attached to an aromatic ring is 1. The van der Waals surface area contributed by atoms with E-state index in [1.54, 1.807) is 0 Å². The van der Waals surface area contributed by atoms with Crippen LogP contribution < -0.4 is 11.1 Å². The number of nitrogens with one attached hydrogen (secondary N) is 1. The molecule has 1 heterocycles. The number of nitrogens with two attached hydrogens (primary N) is 1. The number of hydrogen-bond acceptors (Lipinski definition) is 3. The van der Waals surface area contributed by atoms with Crippen LogP contribution in [0.3, 0.4) is 0 Å². The van der Waals surface area contributed by atoms with Gasteiger partial charge in [-0.05, 0) is 43.4 Å². The van der Waals surface area contributed by atoms with Gasteiger partial charge in [0.1, 0.15) is 0 Å². The highest BCUT2D eigenvalue weighted by molar-refractivity contribution is 5.81. The molecule has 4 heteroatoms. The summed E-state index contributed by atoms with van der Waals surface area (Å²) < 4.78 is 0. The van der Waals surface area contributed by atoms with E-state index in [1.165, 1.54) is 5.56 Å². The van der Waals surface area contributed by atoms with Gasteiger partial charge in [-0.15, -0.1) is 0 Å². The molecule has 1 aromatic carbocycles. The average molecular weight is 273 g/mol. The highest BCUT2D eigenvalue weighted by Crippen LogP contribution is 2.29. The maximum absolute atomic E-state index is 11.7. The van der Waals surface area contributed by atoms with Gasteiger partial charge in [-0.1, -0.05) is 12.1 Å². The molecule has 0 atom stereocenters. The number of rotatable bonds is 4. The second kappa shape index (κ2) is 5.83. The fourth-order valence-electron chi connectivity index (χ4n) is 2.85. The standard InChI is InChI=1S/C16H23N3O/c17-14-3-1-2-12(10-14)11-19-8-6-15(7-9-19)18-16(20)13-4-5-13/h1-3,10,13,15H,4-9,11,17H2,(H,18,20). The van der Waals surface area contributed by atoms with Crippen molar-refractivity contribution in [2.24, 2.45) is 5.92 Å². The molecule has 0 unspecified atom stereocenters. The lowest BCUT2D eigenvalue weighted by Gasteiger charge is -2.32. The van der Waals surface area contributed by atoms with Crippen LogP contribution >= 0.6 is 0 Å². The number of carbonyl (C=O) groups is 1. The number of nitrogens with zero attached hydrogens (tertiary/aromatic N) is 1. The summed E-state index contributed by atoms with van der Waals surface area (Å²) in [5.74, 6) is 0.597. The number of carbonyl (C=O) groups excluding carboxylic acids is 1. The lowest BCUT2D eigenvalue weighted by Crippen LogP contribution is -2.44. The number of piperidine rings is 1. The largest absolute Gasteiger partial charge is 0.399 e.